The molecule has 1 aromatic rings. The minimum Gasteiger partial charge on any atom is -0.395 e. The van der Waals surface area contributed by atoms with E-state index in [1.165, 1.54) is 0 Å². The van der Waals surface area contributed by atoms with Crippen LogP contribution in [0.5, 0.6) is 0 Å². The SMILES string of the molecule is CC(C)(N)CC(=O)N(CCO)Cc1ccccc1. The predicted octanol–water partition coefficient (Wildman–Crippen LogP) is 1.13. The van der Waals surface area contributed by atoms with Crippen LogP contribution in [0, 0.1) is 0 Å². The second kappa shape index (κ2) is 6.52. The number of aliphatic hydroxyl groups is 1. The van der Waals surface area contributed by atoms with Gasteiger partial charge in [-0.05, 0) is 19.4 Å². The molecule has 0 saturated carbocycles. The summed E-state index contributed by atoms with van der Waals surface area (Å²) in [5.74, 6) is -0.0274. The standard InChI is InChI=1S/C14H22N2O2/c1-14(2,15)10-13(18)16(8-9-17)11-12-6-4-3-5-7-12/h3-7,17H,8-11,15H2,1-2H3. The van der Waals surface area contributed by atoms with E-state index in [4.69, 9.17) is 10.8 Å². The minimum atomic E-state index is -0.526. The van der Waals surface area contributed by atoms with Crippen LogP contribution in [0.2, 0.25) is 0 Å². The first kappa shape index (κ1) is 14.7. The van der Waals surface area contributed by atoms with Crippen molar-refractivity contribution in [3.05, 3.63) is 35.9 Å². The van der Waals surface area contributed by atoms with Gasteiger partial charge < -0.3 is 15.7 Å². The van der Waals surface area contributed by atoms with Crippen molar-refractivity contribution in [2.75, 3.05) is 13.2 Å². The van der Waals surface area contributed by atoms with Gasteiger partial charge in [-0.3, -0.25) is 4.79 Å². The third-order valence-corrected chi connectivity index (χ3v) is 2.55. The largest absolute Gasteiger partial charge is 0.395 e. The van der Waals surface area contributed by atoms with E-state index in [2.05, 4.69) is 0 Å². The maximum atomic E-state index is 12.1. The maximum absolute atomic E-state index is 12.1. The van der Waals surface area contributed by atoms with Gasteiger partial charge in [-0.15, -0.1) is 0 Å². The summed E-state index contributed by atoms with van der Waals surface area (Å²) in [6.45, 7) is 4.46. The highest BCUT2D eigenvalue weighted by molar-refractivity contribution is 5.77. The molecule has 100 valence electrons. The van der Waals surface area contributed by atoms with Gasteiger partial charge in [0.1, 0.15) is 0 Å². The zero-order valence-electron chi connectivity index (χ0n) is 11.1. The Balaban J connectivity index is 2.68. The van der Waals surface area contributed by atoms with E-state index in [1.807, 2.05) is 44.2 Å². The highest BCUT2D eigenvalue weighted by Crippen LogP contribution is 2.10. The van der Waals surface area contributed by atoms with Crippen LogP contribution in [0.4, 0.5) is 0 Å². The van der Waals surface area contributed by atoms with E-state index >= 15 is 0 Å². The number of hydrogen-bond donors (Lipinski definition) is 2. The van der Waals surface area contributed by atoms with Gasteiger partial charge in [0, 0.05) is 25.0 Å². The molecular weight excluding hydrogens is 228 g/mol. The summed E-state index contributed by atoms with van der Waals surface area (Å²) in [5.41, 5.74) is 6.38. The summed E-state index contributed by atoms with van der Waals surface area (Å²) in [7, 11) is 0. The molecule has 0 radical (unpaired) electrons. The van der Waals surface area contributed by atoms with E-state index < -0.39 is 5.54 Å². The van der Waals surface area contributed by atoms with Crippen LogP contribution >= 0.6 is 0 Å². The molecule has 1 aromatic carbocycles. The molecule has 0 aliphatic rings. The summed E-state index contributed by atoms with van der Waals surface area (Å²) >= 11 is 0. The van der Waals surface area contributed by atoms with Gasteiger partial charge in [-0.1, -0.05) is 30.3 Å². The number of hydrogen-bond acceptors (Lipinski definition) is 3. The molecule has 0 spiro atoms. The number of nitrogens with zero attached hydrogens (tertiary/aromatic N) is 1. The molecule has 0 saturated heterocycles. The van der Waals surface area contributed by atoms with E-state index in [0.29, 0.717) is 13.1 Å². The summed E-state index contributed by atoms with van der Waals surface area (Å²) in [4.78, 5) is 13.7. The first-order valence-electron chi connectivity index (χ1n) is 6.14. The van der Waals surface area contributed by atoms with Crippen molar-refractivity contribution in [3.8, 4) is 0 Å². The highest BCUT2D eigenvalue weighted by atomic mass is 16.3. The fourth-order valence-corrected chi connectivity index (χ4v) is 1.72. The minimum absolute atomic E-state index is 0.0274. The lowest BCUT2D eigenvalue weighted by Gasteiger charge is -2.26. The third kappa shape index (κ3) is 5.29. The number of benzene rings is 1. The van der Waals surface area contributed by atoms with Gasteiger partial charge >= 0.3 is 0 Å². The van der Waals surface area contributed by atoms with Gasteiger partial charge in [0.25, 0.3) is 0 Å². The van der Waals surface area contributed by atoms with Crippen LogP contribution < -0.4 is 5.73 Å². The first-order valence-corrected chi connectivity index (χ1v) is 6.14. The molecule has 0 aromatic heterocycles. The van der Waals surface area contributed by atoms with Crippen molar-refractivity contribution >= 4 is 5.91 Å². The van der Waals surface area contributed by atoms with Crippen LogP contribution in [-0.2, 0) is 11.3 Å². The quantitative estimate of drug-likeness (QED) is 0.795. The lowest BCUT2D eigenvalue weighted by Crippen LogP contribution is -2.41. The summed E-state index contributed by atoms with van der Waals surface area (Å²) in [6.07, 6.45) is 0.278. The second-order valence-electron chi connectivity index (χ2n) is 5.19. The number of carbonyl (C=O) groups is 1. The highest BCUT2D eigenvalue weighted by Gasteiger charge is 2.21. The van der Waals surface area contributed by atoms with Gasteiger partial charge in [-0.25, -0.2) is 0 Å². The predicted molar refractivity (Wildman–Crippen MR) is 71.8 cm³/mol. The second-order valence-corrected chi connectivity index (χ2v) is 5.19. The number of nitrogens with two attached hydrogens (primary N) is 1. The summed E-state index contributed by atoms with van der Waals surface area (Å²) in [6, 6.07) is 9.73. The number of rotatable bonds is 6. The molecule has 0 heterocycles. The summed E-state index contributed by atoms with van der Waals surface area (Å²) in [5, 5.41) is 9.04. The molecule has 1 rings (SSSR count). The van der Waals surface area contributed by atoms with E-state index in [0.717, 1.165) is 5.56 Å². The summed E-state index contributed by atoms with van der Waals surface area (Å²) < 4.78 is 0. The molecule has 0 aliphatic carbocycles. The fourth-order valence-electron chi connectivity index (χ4n) is 1.72. The zero-order chi connectivity index (χ0) is 13.6. The number of amides is 1. The fraction of sp³-hybridized carbons (Fsp3) is 0.500. The molecule has 3 N–H and O–H groups in total. The molecule has 4 heteroatoms. The Morgan fingerprint density at radius 1 is 1.33 bits per heavy atom. The van der Waals surface area contributed by atoms with Crippen LogP contribution in [0.25, 0.3) is 0 Å². The van der Waals surface area contributed by atoms with Crippen molar-refractivity contribution in [2.24, 2.45) is 5.73 Å². The van der Waals surface area contributed by atoms with Crippen molar-refractivity contribution < 1.29 is 9.90 Å². The van der Waals surface area contributed by atoms with Gasteiger partial charge in [0.15, 0.2) is 0 Å². The smallest absolute Gasteiger partial charge is 0.224 e. The Bertz CT molecular complexity index is 371. The topological polar surface area (TPSA) is 66.6 Å². The van der Waals surface area contributed by atoms with Crippen LogP contribution in [-0.4, -0.2) is 34.6 Å². The average molecular weight is 250 g/mol. The van der Waals surface area contributed by atoms with Gasteiger partial charge in [0.2, 0.25) is 5.91 Å². The average Bonchev–Trinajstić information content (AvgIpc) is 2.27. The molecule has 0 bridgehead atoms. The Morgan fingerprint density at radius 2 is 1.94 bits per heavy atom. The Kier molecular flexibility index (Phi) is 5.31. The molecular formula is C14H22N2O2. The van der Waals surface area contributed by atoms with Crippen molar-refractivity contribution in [1.82, 2.24) is 4.90 Å². The third-order valence-electron chi connectivity index (χ3n) is 2.55. The Labute approximate surface area is 108 Å². The molecule has 1 amide bonds. The first-order chi connectivity index (χ1) is 8.42. The lowest BCUT2D eigenvalue weighted by atomic mass is 10.0. The Hall–Kier alpha value is -1.39. The van der Waals surface area contributed by atoms with Crippen molar-refractivity contribution in [3.63, 3.8) is 0 Å². The van der Waals surface area contributed by atoms with E-state index in [1.54, 1.807) is 4.90 Å². The van der Waals surface area contributed by atoms with Crippen molar-refractivity contribution in [2.45, 2.75) is 32.4 Å². The molecule has 0 fully saturated rings. The Morgan fingerprint density at radius 3 is 2.44 bits per heavy atom. The zero-order valence-corrected chi connectivity index (χ0v) is 11.1. The molecule has 0 unspecified atom stereocenters. The lowest BCUT2D eigenvalue weighted by molar-refractivity contribution is -0.133. The van der Waals surface area contributed by atoms with Crippen LogP contribution in [0.1, 0.15) is 25.8 Å². The van der Waals surface area contributed by atoms with E-state index in [-0.39, 0.29) is 18.9 Å². The van der Waals surface area contributed by atoms with Gasteiger partial charge in [0.05, 0.1) is 6.61 Å². The van der Waals surface area contributed by atoms with Crippen molar-refractivity contribution in [1.29, 1.82) is 0 Å². The van der Waals surface area contributed by atoms with Crippen LogP contribution in [0.3, 0.4) is 0 Å². The number of aliphatic hydroxyl groups excluding tert-OH is 1. The van der Waals surface area contributed by atoms with Crippen LogP contribution in [0.15, 0.2) is 30.3 Å². The molecule has 18 heavy (non-hydrogen) atoms. The van der Waals surface area contributed by atoms with E-state index in [9.17, 15) is 4.79 Å². The molecule has 0 atom stereocenters. The normalized spacial score (nSPS) is 11.3. The monoisotopic (exact) mass is 250 g/mol. The maximum Gasteiger partial charge on any atom is 0.224 e. The molecule has 4 nitrogen and oxygen atoms in total. The number of carbonyl (C=O) groups excluding carboxylic acids is 1. The van der Waals surface area contributed by atoms with Gasteiger partial charge in [-0.2, -0.15) is 0 Å². The molecule has 0 aliphatic heterocycles.